The molecule has 0 spiro atoms. The first-order valence-electron chi connectivity index (χ1n) is 11.5. The monoisotopic (exact) mass is 528 g/mol. The minimum atomic E-state index is -1.81. The lowest BCUT2D eigenvalue weighted by Gasteiger charge is -2.49. The predicted molar refractivity (Wildman–Crippen MR) is 113 cm³/mol. The number of aliphatic hydroxyl groups excluding tert-OH is 8. The van der Waals surface area contributed by atoms with E-state index in [-0.39, 0.29) is 0 Å². The second kappa shape index (κ2) is 12.2. The Morgan fingerprint density at radius 3 is 1.97 bits per heavy atom. The van der Waals surface area contributed by atoms with Gasteiger partial charge in [0.05, 0.1) is 25.4 Å². The van der Waals surface area contributed by atoms with Crippen LogP contribution >= 0.6 is 0 Å². The van der Waals surface area contributed by atoms with E-state index in [0.29, 0.717) is 0 Å². The number of hydrogen-bond acceptors (Lipinski definition) is 15. The van der Waals surface area contributed by atoms with E-state index < -0.39 is 111 Å². The van der Waals surface area contributed by atoms with E-state index in [1.807, 2.05) is 0 Å². The van der Waals surface area contributed by atoms with Crippen LogP contribution in [0.4, 0.5) is 0 Å². The summed E-state index contributed by atoms with van der Waals surface area (Å²) in [6.07, 6.45) is -19.5. The van der Waals surface area contributed by atoms with Gasteiger partial charge in [0.1, 0.15) is 61.0 Å². The van der Waals surface area contributed by atoms with Crippen molar-refractivity contribution < 1.29 is 69.3 Å². The maximum absolute atomic E-state index is 12.0. The first kappa shape index (κ1) is 29.5. The van der Waals surface area contributed by atoms with Crippen molar-refractivity contribution in [2.75, 3.05) is 13.2 Å². The molecule has 1 amide bonds. The van der Waals surface area contributed by atoms with Crippen molar-refractivity contribution >= 4 is 5.91 Å². The zero-order chi connectivity index (χ0) is 26.9. The normalized spacial score (nSPS) is 50.0. The van der Waals surface area contributed by atoms with Gasteiger partial charge in [-0.2, -0.15) is 0 Å². The summed E-state index contributed by atoms with van der Waals surface area (Å²) >= 11 is 0. The molecule has 0 radical (unpaired) electrons. The molecule has 3 saturated heterocycles. The average Bonchev–Trinajstić information content (AvgIpc) is 2.83. The number of hydrogen-bond donors (Lipinski definition) is 10. The number of nitrogens with two attached hydrogens (primary N) is 1. The summed E-state index contributed by atoms with van der Waals surface area (Å²) in [6, 6.07) is -2.22. The highest BCUT2D eigenvalue weighted by Crippen LogP contribution is 2.31. The molecule has 3 heterocycles. The molecule has 0 bridgehead atoms. The zero-order valence-electron chi connectivity index (χ0n) is 19.7. The molecular formula is C20H36N2O14. The first-order valence-corrected chi connectivity index (χ1v) is 11.5. The fraction of sp³-hybridized carbons (Fsp3) is 0.950. The van der Waals surface area contributed by atoms with Gasteiger partial charge in [0.15, 0.2) is 18.9 Å². The van der Waals surface area contributed by atoms with Gasteiger partial charge >= 0.3 is 0 Å². The fourth-order valence-corrected chi connectivity index (χ4v) is 4.44. The van der Waals surface area contributed by atoms with E-state index in [9.17, 15) is 45.6 Å². The van der Waals surface area contributed by atoms with Gasteiger partial charge in [0.25, 0.3) is 0 Å². The molecule has 16 nitrogen and oxygen atoms in total. The highest BCUT2D eigenvalue weighted by molar-refractivity contribution is 5.73. The van der Waals surface area contributed by atoms with Crippen LogP contribution < -0.4 is 11.1 Å². The van der Waals surface area contributed by atoms with Gasteiger partial charge in [0.2, 0.25) is 5.91 Å². The Morgan fingerprint density at radius 1 is 0.806 bits per heavy atom. The molecule has 3 aliphatic rings. The lowest BCUT2D eigenvalue weighted by atomic mass is 9.93. The SMILES string of the molecule is CC(=O)N[C@H]1[C@H](O[C@@H]2[C@@H](O)[C@@H](O)O[C@H](CO)[C@H]2O)O[C@H](C)[C@H](N)[C@@H]1O[C@@H]1O[C@H](CO)[C@@H](O)[C@H](O)[C@H]1O. The minimum absolute atomic E-state index is 0.581. The zero-order valence-corrected chi connectivity index (χ0v) is 19.7. The summed E-state index contributed by atoms with van der Waals surface area (Å²) in [5, 5.41) is 82.7. The van der Waals surface area contributed by atoms with Gasteiger partial charge in [-0.05, 0) is 6.92 Å². The number of nitrogens with one attached hydrogen (secondary N) is 1. The predicted octanol–water partition coefficient (Wildman–Crippen LogP) is -6.44. The van der Waals surface area contributed by atoms with E-state index in [1.165, 1.54) is 13.8 Å². The van der Waals surface area contributed by atoms with E-state index >= 15 is 0 Å². The number of carbonyl (C=O) groups excluding carboxylic acids is 1. The van der Waals surface area contributed by atoms with Crippen LogP contribution in [-0.2, 0) is 28.5 Å². The topological polar surface area (TPSA) is 263 Å². The summed E-state index contributed by atoms with van der Waals surface area (Å²) in [6.45, 7) is 1.32. The van der Waals surface area contributed by atoms with Gasteiger partial charge in [0, 0.05) is 6.92 Å². The number of ether oxygens (including phenoxy) is 5. The fourth-order valence-electron chi connectivity index (χ4n) is 4.44. The lowest BCUT2D eigenvalue weighted by molar-refractivity contribution is -0.351. The summed E-state index contributed by atoms with van der Waals surface area (Å²) in [5.74, 6) is -0.581. The smallest absolute Gasteiger partial charge is 0.217 e. The molecule has 3 rings (SSSR count). The maximum atomic E-state index is 12.0. The Balaban J connectivity index is 1.86. The molecule has 3 aliphatic heterocycles. The van der Waals surface area contributed by atoms with Crippen molar-refractivity contribution in [3.05, 3.63) is 0 Å². The van der Waals surface area contributed by atoms with E-state index in [2.05, 4.69) is 5.32 Å². The second-order valence-corrected chi connectivity index (χ2v) is 9.14. The highest BCUT2D eigenvalue weighted by atomic mass is 16.7. The molecule has 0 aliphatic carbocycles. The minimum Gasteiger partial charge on any atom is -0.394 e. The van der Waals surface area contributed by atoms with Crippen molar-refractivity contribution in [2.45, 2.75) is 106 Å². The molecule has 0 unspecified atom stereocenters. The lowest BCUT2D eigenvalue weighted by Crippen LogP contribution is -2.70. The average molecular weight is 529 g/mol. The van der Waals surface area contributed by atoms with Gasteiger partial charge in [-0.25, -0.2) is 0 Å². The van der Waals surface area contributed by atoms with E-state index in [4.69, 9.17) is 29.4 Å². The quantitative estimate of drug-likeness (QED) is 0.147. The van der Waals surface area contributed by atoms with Gasteiger partial charge in [-0.15, -0.1) is 0 Å². The van der Waals surface area contributed by atoms with Crippen molar-refractivity contribution in [2.24, 2.45) is 5.73 Å². The van der Waals surface area contributed by atoms with Gasteiger partial charge in [-0.1, -0.05) is 0 Å². The summed E-state index contributed by atoms with van der Waals surface area (Å²) in [5.41, 5.74) is 6.25. The standard InChI is InChI=1S/C20H36N2O14/c1-5-9(21)16(35-20-14(29)13(28)11(26)7(3-23)34-20)10(22-6(2)25)19(32-5)36-17-12(27)8(4-24)33-18(31)15(17)30/h5,7-20,23-24,26-31H,3-4,21H2,1-2H3,(H,22,25)/t5-,7-,8-,9+,10-,11-,12-,13+,14-,15-,16+,17+,18+,19+,20+/m1/s1. The van der Waals surface area contributed by atoms with Crippen LogP contribution in [0.1, 0.15) is 13.8 Å². The van der Waals surface area contributed by atoms with Crippen molar-refractivity contribution in [1.82, 2.24) is 5.32 Å². The van der Waals surface area contributed by atoms with Crippen molar-refractivity contribution in [3.63, 3.8) is 0 Å². The van der Waals surface area contributed by atoms with Crippen molar-refractivity contribution in [3.8, 4) is 0 Å². The van der Waals surface area contributed by atoms with Gasteiger partial charge in [-0.3, -0.25) is 4.79 Å². The summed E-state index contributed by atoms with van der Waals surface area (Å²) in [4.78, 5) is 12.0. The third-order valence-electron chi connectivity index (χ3n) is 6.56. The summed E-state index contributed by atoms with van der Waals surface area (Å²) in [7, 11) is 0. The Hall–Kier alpha value is -1.09. The largest absolute Gasteiger partial charge is 0.394 e. The number of rotatable bonds is 7. The van der Waals surface area contributed by atoms with Crippen molar-refractivity contribution in [1.29, 1.82) is 0 Å². The molecule has 15 atom stereocenters. The molecule has 0 aromatic heterocycles. The number of amides is 1. The van der Waals surface area contributed by atoms with Crippen LogP contribution in [-0.4, -0.2) is 152 Å². The molecule has 0 aromatic rings. The molecule has 36 heavy (non-hydrogen) atoms. The van der Waals surface area contributed by atoms with E-state index in [1.54, 1.807) is 0 Å². The number of aliphatic hydroxyl groups is 8. The molecule has 16 heteroatoms. The Kier molecular flexibility index (Phi) is 9.97. The molecular weight excluding hydrogens is 492 g/mol. The molecule has 0 saturated carbocycles. The van der Waals surface area contributed by atoms with Crippen LogP contribution in [0, 0.1) is 0 Å². The molecule has 210 valence electrons. The maximum Gasteiger partial charge on any atom is 0.217 e. The number of carbonyl (C=O) groups is 1. The Labute approximate surface area is 206 Å². The highest BCUT2D eigenvalue weighted by Gasteiger charge is 2.53. The van der Waals surface area contributed by atoms with Crippen LogP contribution in [0.25, 0.3) is 0 Å². The third kappa shape index (κ3) is 5.97. The van der Waals surface area contributed by atoms with Crippen LogP contribution in [0.2, 0.25) is 0 Å². The van der Waals surface area contributed by atoms with Crippen LogP contribution in [0.5, 0.6) is 0 Å². The summed E-state index contributed by atoms with van der Waals surface area (Å²) < 4.78 is 27.7. The Morgan fingerprint density at radius 2 is 1.39 bits per heavy atom. The van der Waals surface area contributed by atoms with Crippen LogP contribution in [0.3, 0.4) is 0 Å². The van der Waals surface area contributed by atoms with Gasteiger partial charge < -0.3 is 75.6 Å². The molecule has 11 N–H and O–H groups in total. The molecule has 0 aromatic carbocycles. The second-order valence-electron chi connectivity index (χ2n) is 9.14. The Bertz CT molecular complexity index is 733. The van der Waals surface area contributed by atoms with E-state index in [0.717, 1.165) is 0 Å². The first-order chi connectivity index (χ1) is 16.9. The molecule has 3 fully saturated rings. The third-order valence-corrected chi connectivity index (χ3v) is 6.56. The van der Waals surface area contributed by atoms with Crippen LogP contribution in [0.15, 0.2) is 0 Å².